The van der Waals surface area contributed by atoms with Crippen molar-refractivity contribution in [2.45, 2.75) is 26.3 Å². The van der Waals surface area contributed by atoms with Crippen LogP contribution in [0.15, 0.2) is 6.07 Å². The van der Waals surface area contributed by atoms with E-state index in [-0.39, 0.29) is 42.1 Å². The number of esters is 1. The number of halogens is 2. The molecule has 0 bridgehead atoms. The lowest BCUT2D eigenvalue weighted by atomic mass is 10.0. The maximum atomic E-state index is 12.9. The number of hydrogen-bond acceptors (Lipinski definition) is 5. The number of rotatable bonds is 5. The lowest BCUT2D eigenvalue weighted by molar-refractivity contribution is -0.142. The average Bonchev–Trinajstić information content (AvgIpc) is 2.37. The summed E-state index contributed by atoms with van der Waals surface area (Å²) in [5, 5.41) is 8.89. The minimum absolute atomic E-state index is 0.00473. The number of nitrogens with zero attached hydrogens (tertiary/aromatic N) is 2. The number of hydrogen-bond donors (Lipinski definition) is 1. The van der Waals surface area contributed by atoms with Crippen molar-refractivity contribution in [3.8, 4) is 6.07 Å². The van der Waals surface area contributed by atoms with Gasteiger partial charge in [0.1, 0.15) is 11.8 Å². The quantitative estimate of drug-likeness (QED) is 0.817. The predicted octanol–water partition coefficient (Wildman–Crippen LogP) is 1.46. The molecule has 0 fully saturated rings. The zero-order valence-electron chi connectivity index (χ0n) is 10.3. The largest absolute Gasteiger partial charge is 0.466 e. The van der Waals surface area contributed by atoms with E-state index in [1.54, 1.807) is 13.0 Å². The van der Waals surface area contributed by atoms with Gasteiger partial charge in [-0.3, -0.25) is 4.79 Å². The molecule has 1 aromatic heterocycles. The second-order valence-corrected chi connectivity index (χ2v) is 3.63. The zero-order chi connectivity index (χ0) is 14.4. The summed E-state index contributed by atoms with van der Waals surface area (Å²) >= 11 is 0. The zero-order valence-corrected chi connectivity index (χ0v) is 10.3. The van der Waals surface area contributed by atoms with Crippen LogP contribution in [0.5, 0.6) is 0 Å². The third-order valence-electron chi connectivity index (χ3n) is 2.39. The lowest BCUT2D eigenvalue weighted by Gasteiger charge is -2.11. The Hall–Kier alpha value is -2.07. The summed E-state index contributed by atoms with van der Waals surface area (Å²) in [6.45, 7) is 1.61. The van der Waals surface area contributed by atoms with Gasteiger partial charge in [0.25, 0.3) is 6.43 Å². The Labute approximate surface area is 109 Å². The van der Waals surface area contributed by atoms with Gasteiger partial charge >= 0.3 is 5.97 Å². The van der Waals surface area contributed by atoms with Crippen molar-refractivity contribution in [3.05, 3.63) is 28.6 Å². The first kappa shape index (κ1) is 15.0. The maximum absolute atomic E-state index is 12.9. The molecule has 1 rings (SSSR count). The Morgan fingerprint density at radius 1 is 1.63 bits per heavy atom. The van der Waals surface area contributed by atoms with Crippen molar-refractivity contribution in [3.63, 3.8) is 0 Å². The van der Waals surface area contributed by atoms with Crippen molar-refractivity contribution in [1.82, 2.24) is 4.98 Å². The van der Waals surface area contributed by atoms with Crippen LogP contribution in [0.1, 0.15) is 35.9 Å². The van der Waals surface area contributed by atoms with Crippen molar-refractivity contribution >= 4 is 5.97 Å². The van der Waals surface area contributed by atoms with E-state index in [0.29, 0.717) is 0 Å². The second-order valence-electron chi connectivity index (χ2n) is 3.63. The Balaban J connectivity index is 3.18. The molecule has 0 atom stereocenters. The molecule has 7 heteroatoms. The minimum atomic E-state index is -2.78. The van der Waals surface area contributed by atoms with E-state index in [2.05, 4.69) is 4.98 Å². The number of nitriles is 1. The van der Waals surface area contributed by atoms with Crippen LogP contribution in [0.4, 0.5) is 8.78 Å². The van der Waals surface area contributed by atoms with E-state index in [9.17, 15) is 13.6 Å². The highest BCUT2D eigenvalue weighted by Gasteiger charge is 2.19. The summed E-state index contributed by atoms with van der Waals surface area (Å²) in [5.74, 6) is -0.584. The fraction of sp³-hybridized carbons (Fsp3) is 0.417. The molecule has 1 heterocycles. The second kappa shape index (κ2) is 6.75. The normalized spacial score (nSPS) is 10.3. The molecule has 0 aliphatic carbocycles. The van der Waals surface area contributed by atoms with E-state index in [4.69, 9.17) is 15.7 Å². The molecular weight excluding hydrogens is 256 g/mol. The van der Waals surface area contributed by atoms with Gasteiger partial charge in [0, 0.05) is 17.7 Å². The number of carbonyl (C=O) groups excluding carboxylic acids is 1. The molecule has 1 aromatic rings. The molecule has 0 aliphatic rings. The lowest BCUT2D eigenvalue weighted by Crippen LogP contribution is -2.13. The number of nitrogens with two attached hydrogens (primary N) is 1. The highest BCUT2D eigenvalue weighted by Crippen LogP contribution is 2.25. The molecule has 0 amide bonds. The van der Waals surface area contributed by atoms with Crippen LogP contribution in [0.2, 0.25) is 0 Å². The first-order valence-corrected chi connectivity index (χ1v) is 5.60. The van der Waals surface area contributed by atoms with Crippen LogP contribution in [0, 0.1) is 11.3 Å². The van der Waals surface area contributed by atoms with Gasteiger partial charge in [-0.1, -0.05) is 0 Å². The van der Waals surface area contributed by atoms with Crippen LogP contribution >= 0.6 is 0 Å². The van der Waals surface area contributed by atoms with Crippen molar-refractivity contribution < 1.29 is 18.3 Å². The van der Waals surface area contributed by atoms with Gasteiger partial charge in [-0.15, -0.1) is 0 Å². The van der Waals surface area contributed by atoms with Crippen LogP contribution < -0.4 is 5.73 Å². The summed E-state index contributed by atoms with van der Waals surface area (Å²) in [4.78, 5) is 15.1. The maximum Gasteiger partial charge on any atom is 0.311 e. The van der Waals surface area contributed by atoms with E-state index < -0.39 is 12.4 Å². The number of aromatic nitrogens is 1. The first-order valence-electron chi connectivity index (χ1n) is 5.60. The third-order valence-corrected chi connectivity index (χ3v) is 2.39. The van der Waals surface area contributed by atoms with Crippen LogP contribution in [-0.4, -0.2) is 17.6 Å². The minimum Gasteiger partial charge on any atom is -0.466 e. The molecule has 0 saturated heterocycles. The van der Waals surface area contributed by atoms with E-state index in [1.807, 2.05) is 0 Å². The summed E-state index contributed by atoms with van der Waals surface area (Å²) in [6, 6.07) is 2.80. The van der Waals surface area contributed by atoms with Crippen molar-refractivity contribution in [1.29, 1.82) is 5.26 Å². The monoisotopic (exact) mass is 269 g/mol. The number of alkyl halides is 2. The van der Waals surface area contributed by atoms with Gasteiger partial charge in [0.05, 0.1) is 18.7 Å². The SMILES string of the molecule is CCOC(=O)Cc1cc(C(F)F)c(CN)c(C#N)n1. The topological polar surface area (TPSA) is 89.0 Å². The molecule has 0 radical (unpaired) electrons. The Morgan fingerprint density at radius 2 is 2.32 bits per heavy atom. The van der Waals surface area contributed by atoms with Gasteiger partial charge in [0.2, 0.25) is 0 Å². The molecular formula is C12H13F2N3O2. The molecule has 19 heavy (non-hydrogen) atoms. The molecule has 0 aromatic carbocycles. The highest BCUT2D eigenvalue weighted by atomic mass is 19.3. The standard InChI is InChI=1S/C12H13F2N3O2/c1-2-19-11(18)4-7-3-8(12(13)14)9(5-15)10(6-16)17-7/h3,12H,2,4-5,15H2,1H3. The summed E-state index contributed by atoms with van der Waals surface area (Å²) < 4.78 is 30.5. The molecule has 0 unspecified atom stereocenters. The Morgan fingerprint density at radius 3 is 2.79 bits per heavy atom. The van der Waals surface area contributed by atoms with Gasteiger partial charge in [-0.2, -0.15) is 5.26 Å². The van der Waals surface area contributed by atoms with Crippen molar-refractivity contribution in [2.75, 3.05) is 6.61 Å². The molecule has 0 aliphatic heterocycles. The Kier molecular flexibility index (Phi) is 5.33. The van der Waals surface area contributed by atoms with Crippen LogP contribution in [0.25, 0.3) is 0 Å². The molecule has 2 N–H and O–H groups in total. The summed E-state index contributed by atoms with van der Waals surface area (Å²) in [5.41, 5.74) is 4.88. The van der Waals surface area contributed by atoms with Gasteiger partial charge in [0.15, 0.2) is 0 Å². The van der Waals surface area contributed by atoms with Crippen LogP contribution in [0.3, 0.4) is 0 Å². The van der Waals surface area contributed by atoms with Crippen molar-refractivity contribution in [2.24, 2.45) is 5.73 Å². The van der Waals surface area contributed by atoms with Crippen LogP contribution in [-0.2, 0) is 22.5 Å². The predicted molar refractivity (Wildman–Crippen MR) is 62.1 cm³/mol. The number of pyridine rings is 1. The summed E-state index contributed by atoms with van der Waals surface area (Å²) in [7, 11) is 0. The molecule has 102 valence electrons. The first-order chi connectivity index (χ1) is 9.03. The highest BCUT2D eigenvalue weighted by molar-refractivity contribution is 5.72. The Bertz CT molecular complexity index is 512. The van der Waals surface area contributed by atoms with E-state index in [0.717, 1.165) is 6.07 Å². The van der Waals surface area contributed by atoms with Gasteiger partial charge in [-0.05, 0) is 13.0 Å². The van der Waals surface area contributed by atoms with E-state index in [1.165, 1.54) is 0 Å². The smallest absolute Gasteiger partial charge is 0.311 e. The number of ether oxygens (including phenoxy) is 1. The summed E-state index contributed by atoms with van der Waals surface area (Å²) in [6.07, 6.45) is -3.04. The number of carbonyl (C=O) groups is 1. The molecule has 0 saturated carbocycles. The molecule has 0 spiro atoms. The molecule has 5 nitrogen and oxygen atoms in total. The van der Waals surface area contributed by atoms with Gasteiger partial charge < -0.3 is 10.5 Å². The van der Waals surface area contributed by atoms with E-state index >= 15 is 0 Å². The van der Waals surface area contributed by atoms with Gasteiger partial charge in [-0.25, -0.2) is 13.8 Å². The average molecular weight is 269 g/mol. The third kappa shape index (κ3) is 3.69. The fourth-order valence-electron chi connectivity index (χ4n) is 1.60. The fourth-order valence-corrected chi connectivity index (χ4v) is 1.60.